The summed E-state index contributed by atoms with van der Waals surface area (Å²) in [6.07, 6.45) is 0. The Labute approximate surface area is 414 Å². The minimum atomic E-state index is -1.31. The number of thioether (sulfide) groups is 2. The molecule has 2 unspecified atom stereocenters. The number of H-pyrrole nitrogens is 2. The normalized spacial score (nSPS) is 17.9. The van der Waals surface area contributed by atoms with Crippen molar-refractivity contribution >= 4 is 102 Å². The molecule has 4 aliphatic heterocycles. The molecular weight excluding hydrogens is 975 g/mol. The molecule has 0 saturated carbocycles. The van der Waals surface area contributed by atoms with Gasteiger partial charge in [0.25, 0.3) is 5.69 Å². The highest BCUT2D eigenvalue weighted by molar-refractivity contribution is 8.00. The third-order valence-corrected chi connectivity index (χ3v) is 16.0. The van der Waals surface area contributed by atoms with Gasteiger partial charge in [-0.3, -0.25) is 29.5 Å². The Balaban J connectivity index is 0.000000156. The Morgan fingerprint density at radius 2 is 1.12 bits per heavy atom. The van der Waals surface area contributed by atoms with Crippen LogP contribution in [0.5, 0.6) is 0 Å². The van der Waals surface area contributed by atoms with E-state index in [0.717, 1.165) is 36.0 Å². The van der Waals surface area contributed by atoms with Crippen molar-refractivity contribution in [3.05, 3.63) is 126 Å². The van der Waals surface area contributed by atoms with Gasteiger partial charge in [0, 0.05) is 81.0 Å². The van der Waals surface area contributed by atoms with Crippen molar-refractivity contribution in [1.82, 2.24) is 38.9 Å². The van der Waals surface area contributed by atoms with Crippen molar-refractivity contribution < 1.29 is 33.5 Å². The summed E-state index contributed by atoms with van der Waals surface area (Å²) in [5, 5.41) is 31.0. The number of carboxylic acids is 2. The fraction of sp³-hybridized carbons (Fsp3) is 0.292. The van der Waals surface area contributed by atoms with Crippen molar-refractivity contribution in [3.63, 3.8) is 0 Å². The number of rotatable bonds is 9. The van der Waals surface area contributed by atoms with Crippen LogP contribution in [0.4, 0.5) is 31.5 Å². The molecule has 2 saturated heterocycles. The van der Waals surface area contributed by atoms with E-state index in [1.54, 1.807) is 22.8 Å². The SMILES string of the molecule is CC1Sc2c(C(=O)O)c(=O)c3cc(F)c(N4CCN(Cc5nc6ccc(N)cc6[nH]5)CC4)cc3n21.CC1Sc2c(C(=O)O)c(=O)c3cc(F)c(N4CCN(Cc5nc6ccc([N+](=O)[O-])cc6[nH]5)CC4)cc3n21. The maximum Gasteiger partial charge on any atom is 0.342 e. The maximum absolute atomic E-state index is 15.2. The van der Waals surface area contributed by atoms with Gasteiger partial charge in [0.1, 0.15) is 34.4 Å². The van der Waals surface area contributed by atoms with Crippen LogP contribution in [0, 0.1) is 21.7 Å². The number of pyridine rings is 2. The number of hydrogen-bond acceptors (Lipinski definition) is 15. The molecule has 0 spiro atoms. The highest BCUT2D eigenvalue weighted by Crippen LogP contribution is 2.48. The molecule has 4 aromatic heterocycles. The van der Waals surface area contributed by atoms with Gasteiger partial charge >= 0.3 is 11.9 Å². The molecule has 12 rings (SSSR count). The number of halogens is 2. The molecule has 0 aliphatic carbocycles. The number of nitrogens with two attached hydrogens (primary N) is 1. The number of piperazine rings is 2. The number of anilines is 3. The van der Waals surface area contributed by atoms with Gasteiger partial charge < -0.3 is 44.8 Å². The van der Waals surface area contributed by atoms with Crippen LogP contribution in [-0.2, 0) is 13.1 Å². The molecule has 2 atom stereocenters. The van der Waals surface area contributed by atoms with Crippen LogP contribution < -0.4 is 26.4 Å². The summed E-state index contributed by atoms with van der Waals surface area (Å²) in [6, 6.07) is 15.8. The summed E-state index contributed by atoms with van der Waals surface area (Å²) < 4.78 is 34.0. The van der Waals surface area contributed by atoms with Crippen LogP contribution in [-0.4, -0.2) is 118 Å². The van der Waals surface area contributed by atoms with Gasteiger partial charge in [-0.15, -0.1) is 0 Å². The van der Waals surface area contributed by atoms with Gasteiger partial charge in [-0.25, -0.2) is 28.3 Å². The molecule has 72 heavy (non-hydrogen) atoms. The average Bonchev–Trinajstić information content (AvgIpc) is 3.94. The number of hydrogen-bond donors (Lipinski definition) is 5. The molecule has 8 aromatic rings. The third-order valence-electron chi connectivity index (χ3n) is 13.6. The molecule has 20 nitrogen and oxygen atoms in total. The molecule has 8 heterocycles. The number of carboxylic acid groups (broad SMARTS) is 2. The smallest absolute Gasteiger partial charge is 0.342 e. The van der Waals surface area contributed by atoms with Crippen LogP contribution >= 0.6 is 23.5 Å². The average molecular weight is 1020 g/mol. The minimum Gasteiger partial charge on any atom is -0.477 e. The number of nitro groups is 1. The van der Waals surface area contributed by atoms with Crippen LogP contribution in [0.1, 0.15) is 57.0 Å². The highest BCUT2D eigenvalue weighted by Gasteiger charge is 2.35. The first-order valence-electron chi connectivity index (χ1n) is 23.0. The monoisotopic (exact) mass is 1020 g/mol. The molecule has 4 aliphatic rings. The Morgan fingerprint density at radius 3 is 1.54 bits per heavy atom. The molecule has 0 bridgehead atoms. The summed E-state index contributed by atoms with van der Waals surface area (Å²) >= 11 is 2.65. The van der Waals surface area contributed by atoms with Gasteiger partial charge in [-0.2, -0.15) is 0 Å². The molecular formula is C48H44F2N12O8S2. The number of nitrogens with one attached hydrogen (secondary N) is 2. The number of nitro benzene ring substituents is 1. The van der Waals surface area contributed by atoms with E-state index in [2.05, 4.69) is 29.7 Å². The van der Waals surface area contributed by atoms with Gasteiger partial charge in [-0.05, 0) is 62.4 Å². The molecule has 4 aromatic carbocycles. The van der Waals surface area contributed by atoms with Crippen LogP contribution in [0.2, 0.25) is 0 Å². The predicted octanol–water partition coefficient (Wildman–Crippen LogP) is 6.81. The number of aromatic amines is 2. The standard InChI is InChI=1S/C24H21FN6O5S.C24H23FN6O3S/c1-12-30-18-10-19(15(25)9-14(18)22(32)21(24(33)34)23(30)37-12)29-6-4-28(5-7-29)11-20-26-16-3-2-13(31(35)36)8-17(16)27-20;1-12-31-18-10-19(15(25)9-14(18)22(32)21(24(33)34)23(31)35-12)30-6-4-29(5-7-30)11-20-27-16-3-2-13(26)8-17(16)28-20/h2-3,8-10,12H,4-7,11H2,1H3,(H,26,27)(H,33,34);2-3,8-10,12H,4-7,11,26H2,1H3,(H,27,28)(H,33,34). The number of nitrogen functional groups attached to an aromatic ring is 1. The number of benzene rings is 4. The number of aromatic carboxylic acids is 2. The summed E-state index contributed by atoms with van der Waals surface area (Å²) in [4.78, 5) is 83.5. The lowest BCUT2D eigenvalue weighted by atomic mass is 10.1. The van der Waals surface area contributed by atoms with E-state index in [1.807, 2.05) is 46.4 Å². The van der Waals surface area contributed by atoms with Crippen molar-refractivity contribution in [3.8, 4) is 0 Å². The molecule has 370 valence electrons. The molecule has 24 heteroatoms. The number of imidazole rings is 2. The number of carbonyl (C=O) groups is 2. The third kappa shape index (κ3) is 8.12. The highest BCUT2D eigenvalue weighted by atomic mass is 32.2. The summed E-state index contributed by atoms with van der Waals surface area (Å²) in [7, 11) is 0. The second-order valence-corrected chi connectivity index (χ2v) is 20.7. The second kappa shape index (κ2) is 17.9. The van der Waals surface area contributed by atoms with E-state index >= 15 is 8.78 Å². The number of aromatic nitrogens is 6. The van der Waals surface area contributed by atoms with Crippen molar-refractivity contribution in [2.75, 3.05) is 67.9 Å². The van der Waals surface area contributed by atoms with E-state index < -0.39 is 39.4 Å². The topological polar surface area (TPSA) is 258 Å². The lowest BCUT2D eigenvalue weighted by Gasteiger charge is -2.37. The van der Waals surface area contributed by atoms with Crippen molar-refractivity contribution in [1.29, 1.82) is 0 Å². The zero-order chi connectivity index (χ0) is 50.4. The van der Waals surface area contributed by atoms with Gasteiger partial charge in [-0.1, -0.05) is 23.5 Å². The Hall–Kier alpha value is -7.54. The van der Waals surface area contributed by atoms with Crippen LogP contribution in [0.3, 0.4) is 0 Å². The van der Waals surface area contributed by atoms with Gasteiger partial charge in [0.05, 0.1) is 83.3 Å². The van der Waals surface area contributed by atoms with Gasteiger partial charge in [0.15, 0.2) is 0 Å². The Kier molecular flexibility index (Phi) is 11.7. The predicted molar refractivity (Wildman–Crippen MR) is 270 cm³/mol. The number of non-ortho nitro benzene ring substituents is 1. The van der Waals surface area contributed by atoms with E-state index in [0.29, 0.717) is 107 Å². The lowest BCUT2D eigenvalue weighted by Crippen LogP contribution is -2.46. The zero-order valence-corrected chi connectivity index (χ0v) is 40.2. The summed E-state index contributed by atoms with van der Waals surface area (Å²) in [5.74, 6) is -2.12. The van der Waals surface area contributed by atoms with E-state index in [9.17, 15) is 39.5 Å². The second-order valence-electron chi connectivity index (χ2n) is 18.1. The number of nitrogens with zero attached hydrogens (tertiary/aromatic N) is 9. The first-order chi connectivity index (χ1) is 34.5. The quantitative estimate of drug-likeness (QED) is 0.0565. The number of fused-ring (bicyclic) bond motifs is 8. The first-order valence-corrected chi connectivity index (χ1v) is 24.7. The van der Waals surface area contributed by atoms with Gasteiger partial charge in [0.2, 0.25) is 10.9 Å². The largest absolute Gasteiger partial charge is 0.477 e. The fourth-order valence-electron chi connectivity index (χ4n) is 10.0. The summed E-state index contributed by atoms with van der Waals surface area (Å²) in [6.45, 7) is 10.0. The van der Waals surface area contributed by atoms with Crippen LogP contribution in [0.25, 0.3) is 43.9 Å². The fourth-order valence-corrected chi connectivity index (χ4v) is 12.4. The Bertz CT molecular complexity index is 3730. The molecule has 6 N–H and O–H groups in total. The molecule has 2 fully saturated rings. The first kappa shape index (κ1) is 46.8. The minimum absolute atomic E-state index is 0.00176. The lowest BCUT2D eigenvalue weighted by molar-refractivity contribution is -0.384. The maximum atomic E-state index is 15.2. The van der Waals surface area contributed by atoms with E-state index in [4.69, 9.17) is 5.73 Å². The van der Waals surface area contributed by atoms with Crippen molar-refractivity contribution in [2.45, 2.75) is 47.7 Å². The molecule has 0 amide bonds. The van der Waals surface area contributed by atoms with E-state index in [1.165, 1.54) is 41.7 Å². The van der Waals surface area contributed by atoms with E-state index in [-0.39, 0.29) is 38.3 Å². The molecule has 0 radical (unpaired) electrons. The summed E-state index contributed by atoms with van der Waals surface area (Å²) in [5.41, 5.74) is 9.58. The zero-order valence-electron chi connectivity index (χ0n) is 38.5. The Morgan fingerprint density at radius 1 is 0.694 bits per heavy atom. The van der Waals surface area contributed by atoms with Crippen molar-refractivity contribution in [2.24, 2.45) is 0 Å². The van der Waals surface area contributed by atoms with Crippen LogP contribution in [0.15, 0.2) is 80.3 Å².